The topological polar surface area (TPSA) is 81.3 Å². The van der Waals surface area contributed by atoms with Crippen LogP contribution in [-0.2, 0) is 17.5 Å². The number of carbonyl (C=O) groups excluding carboxylic acids is 1. The predicted molar refractivity (Wildman–Crippen MR) is 120 cm³/mol. The largest absolute Gasteiger partial charge is 0.416 e. The number of aromatic nitrogens is 4. The standard InChI is InChI=1S/C24H16F3N5O2/c25-24(26,27)16-7-4-8-17(11-16)29-22(33)13-31-23(34)21-12-20(30-32(21)14-28-31)19-10-3-6-15-5-1-2-9-18(15)19/h1-12,14H,13H2,(H,29,33). The predicted octanol–water partition coefficient (Wildman–Crippen LogP) is 4.37. The van der Waals surface area contributed by atoms with Gasteiger partial charge in [-0.3, -0.25) is 9.59 Å². The van der Waals surface area contributed by atoms with Crippen molar-refractivity contribution in [3.8, 4) is 11.3 Å². The molecule has 0 radical (unpaired) electrons. The van der Waals surface area contributed by atoms with Crippen LogP contribution < -0.4 is 10.9 Å². The van der Waals surface area contributed by atoms with Crippen molar-refractivity contribution >= 4 is 27.9 Å². The van der Waals surface area contributed by atoms with Crippen molar-refractivity contribution in [1.82, 2.24) is 19.4 Å². The Morgan fingerprint density at radius 1 is 0.971 bits per heavy atom. The zero-order valence-electron chi connectivity index (χ0n) is 17.5. The van der Waals surface area contributed by atoms with Crippen molar-refractivity contribution in [2.75, 3.05) is 5.32 Å². The number of hydrogen-bond donors (Lipinski definition) is 1. The van der Waals surface area contributed by atoms with Gasteiger partial charge in [0.05, 0.1) is 11.3 Å². The van der Waals surface area contributed by atoms with E-state index < -0.39 is 29.8 Å². The number of carbonyl (C=O) groups is 1. The third kappa shape index (κ3) is 4.01. The molecule has 0 aliphatic carbocycles. The minimum atomic E-state index is -4.53. The highest BCUT2D eigenvalue weighted by Gasteiger charge is 2.30. The van der Waals surface area contributed by atoms with Gasteiger partial charge in [-0.15, -0.1) is 0 Å². The lowest BCUT2D eigenvalue weighted by molar-refractivity contribution is -0.137. The number of hydrogen-bond acceptors (Lipinski definition) is 4. The third-order valence-electron chi connectivity index (χ3n) is 5.32. The second-order valence-electron chi connectivity index (χ2n) is 7.61. The van der Waals surface area contributed by atoms with Gasteiger partial charge in [0.1, 0.15) is 18.4 Å². The smallest absolute Gasteiger partial charge is 0.324 e. The van der Waals surface area contributed by atoms with Gasteiger partial charge in [0.2, 0.25) is 5.91 Å². The molecule has 2 aromatic heterocycles. The van der Waals surface area contributed by atoms with Gasteiger partial charge in [-0.05, 0) is 35.0 Å². The molecule has 10 heteroatoms. The van der Waals surface area contributed by atoms with Crippen LogP contribution in [0.25, 0.3) is 27.5 Å². The van der Waals surface area contributed by atoms with Crippen molar-refractivity contribution < 1.29 is 18.0 Å². The van der Waals surface area contributed by atoms with Crippen molar-refractivity contribution in [2.45, 2.75) is 12.7 Å². The molecule has 2 heterocycles. The Labute approximate surface area is 190 Å². The lowest BCUT2D eigenvalue weighted by Gasteiger charge is -2.10. The van der Waals surface area contributed by atoms with E-state index in [4.69, 9.17) is 0 Å². The molecule has 0 bridgehead atoms. The van der Waals surface area contributed by atoms with Gasteiger partial charge in [-0.2, -0.15) is 23.4 Å². The van der Waals surface area contributed by atoms with Crippen LogP contribution in [0.3, 0.4) is 0 Å². The summed E-state index contributed by atoms with van der Waals surface area (Å²) in [6, 6.07) is 19.4. The number of halogens is 3. The second kappa shape index (κ2) is 8.14. The SMILES string of the molecule is O=C(Cn1ncn2nc(-c3cccc4ccccc34)cc2c1=O)Nc1cccc(C(F)(F)F)c1. The van der Waals surface area contributed by atoms with E-state index in [1.165, 1.54) is 23.0 Å². The quantitative estimate of drug-likeness (QED) is 0.429. The fraction of sp³-hybridized carbons (Fsp3) is 0.0833. The molecular formula is C24H16F3N5O2. The Morgan fingerprint density at radius 2 is 1.74 bits per heavy atom. The average Bonchev–Trinajstić information content (AvgIpc) is 3.25. The van der Waals surface area contributed by atoms with Crippen molar-refractivity contribution in [2.24, 2.45) is 0 Å². The Bertz CT molecular complexity index is 1600. The molecule has 0 saturated carbocycles. The molecule has 0 spiro atoms. The molecule has 170 valence electrons. The van der Waals surface area contributed by atoms with Gasteiger partial charge >= 0.3 is 6.18 Å². The summed E-state index contributed by atoms with van der Waals surface area (Å²) >= 11 is 0. The van der Waals surface area contributed by atoms with Crippen molar-refractivity contribution in [3.63, 3.8) is 0 Å². The first-order chi connectivity index (χ1) is 16.3. The van der Waals surface area contributed by atoms with Crippen LogP contribution in [0.15, 0.2) is 83.9 Å². The molecule has 3 aromatic carbocycles. The third-order valence-corrected chi connectivity index (χ3v) is 5.32. The van der Waals surface area contributed by atoms with Crippen LogP contribution in [0, 0.1) is 0 Å². The first kappa shape index (κ1) is 21.4. The summed E-state index contributed by atoms with van der Waals surface area (Å²) in [5, 5.41) is 12.8. The molecule has 0 aliphatic heterocycles. The van der Waals surface area contributed by atoms with E-state index in [0.717, 1.165) is 33.2 Å². The highest BCUT2D eigenvalue weighted by molar-refractivity contribution is 5.96. The summed E-state index contributed by atoms with van der Waals surface area (Å²) in [5.74, 6) is -0.688. The van der Waals surface area contributed by atoms with E-state index in [1.54, 1.807) is 6.07 Å². The Kier molecular flexibility index (Phi) is 5.12. The van der Waals surface area contributed by atoms with Crippen LogP contribution >= 0.6 is 0 Å². The molecule has 34 heavy (non-hydrogen) atoms. The summed E-state index contributed by atoms with van der Waals surface area (Å²) in [7, 11) is 0. The average molecular weight is 463 g/mol. The summed E-state index contributed by atoms with van der Waals surface area (Å²) in [6.07, 6.45) is -3.23. The maximum Gasteiger partial charge on any atom is 0.416 e. The fourth-order valence-corrected chi connectivity index (χ4v) is 3.74. The Balaban J connectivity index is 1.43. The molecule has 1 amide bonds. The Morgan fingerprint density at radius 3 is 2.56 bits per heavy atom. The van der Waals surface area contributed by atoms with E-state index in [2.05, 4.69) is 15.5 Å². The minimum Gasteiger partial charge on any atom is -0.324 e. The number of nitrogens with zero attached hydrogens (tertiary/aromatic N) is 4. The minimum absolute atomic E-state index is 0.0310. The lowest BCUT2D eigenvalue weighted by Crippen LogP contribution is -2.30. The fourth-order valence-electron chi connectivity index (χ4n) is 3.74. The Hall–Kier alpha value is -4.47. The highest BCUT2D eigenvalue weighted by atomic mass is 19.4. The van der Waals surface area contributed by atoms with E-state index in [0.29, 0.717) is 5.69 Å². The zero-order chi connectivity index (χ0) is 23.9. The number of fused-ring (bicyclic) bond motifs is 2. The van der Waals surface area contributed by atoms with Crippen molar-refractivity contribution in [1.29, 1.82) is 0 Å². The summed E-state index contributed by atoms with van der Waals surface area (Å²) in [5.41, 5.74) is 0.154. The van der Waals surface area contributed by atoms with E-state index in [9.17, 15) is 22.8 Å². The molecule has 0 aliphatic rings. The molecule has 0 saturated heterocycles. The molecule has 1 N–H and O–H groups in total. The van der Waals surface area contributed by atoms with Crippen LogP contribution in [0.5, 0.6) is 0 Å². The lowest BCUT2D eigenvalue weighted by atomic mass is 10.0. The molecule has 7 nitrogen and oxygen atoms in total. The van der Waals surface area contributed by atoms with Crippen LogP contribution in [-0.4, -0.2) is 25.3 Å². The van der Waals surface area contributed by atoms with Gasteiger partial charge in [0.15, 0.2) is 0 Å². The van der Waals surface area contributed by atoms with Gasteiger partial charge < -0.3 is 5.32 Å². The molecule has 0 fully saturated rings. The van der Waals surface area contributed by atoms with Crippen LogP contribution in [0.2, 0.25) is 0 Å². The van der Waals surface area contributed by atoms with E-state index in [-0.39, 0.29) is 11.2 Å². The number of anilines is 1. The van der Waals surface area contributed by atoms with Gasteiger partial charge in [-0.25, -0.2) is 9.20 Å². The normalized spacial score (nSPS) is 11.7. The number of amides is 1. The number of rotatable bonds is 4. The second-order valence-corrected chi connectivity index (χ2v) is 7.61. The first-order valence-electron chi connectivity index (χ1n) is 10.2. The molecule has 0 unspecified atom stereocenters. The van der Waals surface area contributed by atoms with Gasteiger partial charge in [0.25, 0.3) is 5.56 Å². The van der Waals surface area contributed by atoms with Crippen LogP contribution in [0.1, 0.15) is 5.56 Å². The molecule has 5 aromatic rings. The van der Waals surface area contributed by atoms with E-state index in [1.807, 2.05) is 42.5 Å². The van der Waals surface area contributed by atoms with Gasteiger partial charge in [-0.1, -0.05) is 48.5 Å². The molecule has 5 rings (SSSR count). The maximum absolute atomic E-state index is 12.9. The molecule has 0 atom stereocenters. The number of nitrogens with one attached hydrogen (secondary N) is 1. The van der Waals surface area contributed by atoms with Crippen LogP contribution in [0.4, 0.5) is 18.9 Å². The van der Waals surface area contributed by atoms with E-state index >= 15 is 0 Å². The summed E-state index contributed by atoms with van der Waals surface area (Å²) in [6.45, 7) is -0.472. The van der Waals surface area contributed by atoms with Crippen molar-refractivity contribution in [3.05, 3.63) is 95.0 Å². The number of benzene rings is 3. The number of alkyl halides is 3. The molecular weight excluding hydrogens is 447 g/mol. The summed E-state index contributed by atoms with van der Waals surface area (Å²) < 4.78 is 40.9. The van der Waals surface area contributed by atoms with Gasteiger partial charge in [0, 0.05) is 11.3 Å². The maximum atomic E-state index is 12.9. The highest BCUT2D eigenvalue weighted by Crippen LogP contribution is 2.31. The summed E-state index contributed by atoms with van der Waals surface area (Å²) in [4.78, 5) is 25.3. The first-order valence-corrected chi connectivity index (χ1v) is 10.2. The monoisotopic (exact) mass is 463 g/mol. The zero-order valence-corrected chi connectivity index (χ0v) is 17.5.